The fraction of sp³-hybridized carbons (Fsp3) is 0.0667. The molecule has 2 N–H and O–H groups in total. The second-order valence-electron chi connectivity index (χ2n) is 4.55. The highest BCUT2D eigenvalue weighted by Crippen LogP contribution is 2.33. The molecular formula is C15H12FN3O5. The molecule has 0 spiro atoms. The molecule has 24 heavy (non-hydrogen) atoms. The van der Waals surface area contributed by atoms with E-state index in [1.165, 1.54) is 25.3 Å². The summed E-state index contributed by atoms with van der Waals surface area (Å²) in [7, 11) is 1.31. The maximum absolute atomic E-state index is 12.8. The Bertz CT molecular complexity index is 806. The van der Waals surface area contributed by atoms with E-state index in [1.54, 1.807) is 0 Å². The molecule has 8 nitrogen and oxygen atoms in total. The smallest absolute Gasteiger partial charge is 0.315 e. The molecule has 9 heteroatoms. The zero-order chi connectivity index (χ0) is 17.7. The van der Waals surface area contributed by atoms with Crippen LogP contribution in [0, 0.1) is 15.9 Å². The van der Waals surface area contributed by atoms with E-state index < -0.39 is 28.1 Å². The molecule has 0 aliphatic heterocycles. The molecule has 0 unspecified atom stereocenters. The van der Waals surface area contributed by atoms with Crippen LogP contribution in [0.15, 0.2) is 41.5 Å². The summed E-state index contributed by atoms with van der Waals surface area (Å²) in [4.78, 5) is 21.9. The second-order valence-corrected chi connectivity index (χ2v) is 4.55. The van der Waals surface area contributed by atoms with E-state index in [4.69, 9.17) is 4.74 Å². The number of phenols is 1. The number of hydrazone groups is 1. The molecular weight excluding hydrogens is 321 g/mol. The summed E-state index contributed by atoms with van der Waals surface area (Å²) in [6.07, 6.45) is 1.03. The highest BCUT2D eigenvalue weighted by atomic mass is 19.1. The Morgan fingerprint density at radius 1 is 1.38 bits per heavy atom. The molecule has 0 aliphatic rings. The number of nitro benzene ring substituents is 1. The van der Waals surface area contributed by atoms with Crippen molar-refractivity contribution < 1.29 is 24.0 Å². The van der Waals surface area contributed by atoms with E-state index in [0.717, 1.165) is 24.4 Å². The van der Waals surface area contributed by atoms with Gasteiger partial charge in [0.15, 0.2) is 0 Å². The normalized spacial score (nSPS) is 10.6. The van der Waals surface area contributed by atoms with Crippen molar-refractivity contribution in [1.29, 1.82) is 0 Å². The van der Waals surface area contributed by atoms with Crippen LogP contribution in [0.25, 0.3) is 0 Å². The highest BCUT2D eigenvalue weighted by Gasteiger charge is 2.18. The number of nitrogens with zero attached hydrogens (tertiary/aromatic N) is 2. The number of benzene rings is 2. The van der Waals surface area contributed by atoms with Gasteiger partial charge in [-0.2, -0.15) is 5.10 Å². The standard InChI is InChI=1S/C15H12FN3O5/c1-24-12-6-10(14(20)13(7-12)19(22)23)8-17-18-15(21)9-2-4-11(16)5-3-9/h2-8,20H,1H3,(H,18,21)/b17-8-. The predicted octanol–water partition coefficient (Wildman–Crippen LogP) is 2.21. The molecule has 0 radical (unpaired) electrons. The average Bonchev–Trinajstić information content (AvgIpc) is 2.56. The van der Waals surface area contributed by atoms with Gasteiger partial charge in [-0.05, 0) is 30.3 Å². The number of amides is 1. The summed E-state index contributed by atoms with van der Waals surface area (Å²) >= 11 is 0. The molecule has 124 valence electrons. The summed E-state index contributed by atoms with van der Waals surface area (Å²) in [6.45, 7) is 0. The van der Waals surface area contributed by atoms with Crippen LogP contribution in [0.4, 0.5) is 10.1 Å². The van der Waals surface area contributed by atoms with Crippen molar-refractivity contribution in [2.45, 2.75) is 0 Å². The number of carbonyl (C=O) groups is 1. The molecule has 2 aromatic rings. The summed E-state index contributed by atoms with van der Waals surface area (Å²) in [5.74, 6) is -1.56. The van der Waals surface area contributed by atoms with Crippen LogP contribution < -0.4 is 10.2 Å². The van der Waals surface area contributed by atoms with Crippen LogP contribution in [0.1, 0.15) is 15.9 Å². The molecule has 0 aromatic heterocycles. The van der Waals surface area contributed by atoms with Gasteiger partial charge in [-0.3, -0.25) is 14.9 Å². The van der Waals surface area contributed by atoms with Crippen molar-refractivity contribution in [1.82, 2.24) is 5.43 Å². The van der Waals surface area contributed by atoms with Gasteiger partial charge in [0.1, 0.15) is 11.6 Å². The molecule has 0 atom stereocenters. The fourth-order valence-electron chi connectivity index (χ4n) is 1.80. The van der Waals surface area contributed by atoms with E-state index in [2.05, 4.69) is 10.5 Å². The van der Waals surface area contributed by atoms with E-state index in [9.17, 15) is 24.4 Å². The van der Waals surface area contributed by atoms with Crippen molar-refractivity contribution in [3.8, 4) is 11.5 Å². The van der Waals surface area contributed by atoms with Crippen molar-refractivity contribution in [2.75, 3.05) is 7.11 Å². The number of aromatic hydroxyl groups is 1. The van der Waals surface area contributed by atoms with Crippen LogP contribution in [0.2, 0.25) is 0 Å². The first-order chi connectivity index (χ1) is 11.4. The number of rotatable bonds is 5. The number of carbonyl (C=O) groups excluding carboxylic acids is 1. The van der Waals surface area contributed by atoms with Gasteiger partial charge >= 0.3 is 5.69 Å². The number of ether oxygens (including phenoxy) is 1. The van der Waals surface area contributed by atoms with Gasteiger partial charge in [0.25, 0.3) is 5.91 Å². The van der Waals surface area contributed by atoms with Gasteiger partial charge in [-0.1, -0.05) is 0 Å². The van der Waals surface area contributed by atoms with Gasteiger partial charge in [-0.15, -0.1) is 0 Å². The minimum absolute atomic E-state index is 0.0135. The number of methoxy groups -OCH3 is 1. The molecule has 2 aromatic carbocycles. The monoisotopic (exact) mass is 333 g/mol. The lowest BCUT2D eigenvalue weighted by molar-refractivity contribution is -0.385. The van der Waals surface area contributed by atoms with Crippen molar-refractivity contribution in [3.63, 3.8) is 0 Å². The molecule has 0 saturated heterocycles. The molecule has 0 bridgehead atoms. The van der Waals surface area contributed by atoms with Crippen LogP contribution in [-0.4, -0.2) is 29.3 Å². The zero-order valence-electron chi connectivity index (χ0n) is 12.4. The SMILES string of the molecule is COc1cc(/C=N\NC(=O)c2ccc(F)cc2)c(O)c([N+](=O)[O-])c1. The number of hydrogen-bond donors (Lipinski definition) is 2. The number of nitrogens with one attached hydrogen (secondary N) is 1. The third-order valence-corrected chi connectivity index (χ3v) is 3.00. The molecule has 0 fully saturated rings. The maximum atomic E-state index is 12.8. The van der Waals surface area contributed by atoms with Gasteiger partial charge in [0, 0.05) is 11.1 Å². The van der Waals surface area contributed by atoms with Crippen LogP contribution in [-0.2, 0) is 0 Å². The first kappa shape index (κ1) is 16.9. The van der Waals surface area contributed by atoms with Gasteiger partial charge < -0.3 is 9.84 Å². The Morgan fingerprint density at radius 2 is 2.04 bits per heavy atom. The minimum atomic E-state index is -0.772. The predicted molar refractivity (Wildman–Crippen MR) is 82.8 cm³/mol. The summed E-state index contributed by atoms with van der Waals surface area (Å²) in [5.41, 5.74) is 1.77. The first-order valence-corrected chi connectivity index (χ1v) is 6.56. The second kappa shape index (κ2) is 7.18. The van der Waals surface area contributed by atoms with E-state index >= 15 is 0 Å². The van der Waals surface area contributed by atoms with Gasteiger partial charge in [0.2, 0.25) is 5.75 Å². The quantitative estimate of drug-likeness (QED) is 0.495. The lowest BCUT2D eigenvalue weighted by Crippen LogP contribution is -2.17. The molecule has 0 heterocycles. The van der Waals surface area contributed by atoms with E-state index in [0.29, 0.717) is 0 Å². The van der Waals surface area contributed by atoms with Crippen molar-refractivity contribution >= 4 is 17.8 Å². The third kappa shape index (κ3) is 3.83. The average molecular weight is 333 g/mol. The minimum Gasteiger partial charge on any atom is -0.502 e. The van der Waals surface area contributed by atoms with Crippen LogP contribution in [0.5, 0.6) is 11.5 Å². The van der Waals surface area contributed by atoms with Gasteiger partial charge in [0.05, 0.1) is 24.3 Å². The Hall–Kier alpha value is -3.49. The van der Waals surface area contributed by atoms with Crippen molar-refractivity contribution in [2.24, 2.45) is 5.10 Å². The van der Waals surface area contributed by atoms with Gasteiger partial charge in [-0.25, -0.2) is 9.82 Å². The van der Waals surface area contributed by atoms with Crippen LogP contribution in [0.3, 0.4) is 0 Å². The maximum Gasteiger partial charge on any atom is 0.315 e. The Kier molecular flexibility index (Phi) is 5.05. The Balaban J connectivity index is 2.19. The highest BCUT2D eigenvalue weighted by molar-refractivity contribution is 5.95. The summed E-state index contributed by atoms with van der Waals surface area (Å²) < 4.78 is 17.7. The first-order valence-electron chi connectivity index (χ1n) is 6.56. The Morgan fingerprint density at radius 3 is 2.62 bits per heavy atom. The molecule has 0 aliphatic carbocycles. The lowest BCUT2D eigenvalue weighted by atomic mass is 10.1. The molecule has 0 saturated carbocycles. The fourth-order valence-corrected chi connectivity index (χ4v) is 1.80. The summed E-state index contributed by atoms with van der Waals surface area (Å²) in [5, 5.41) is 24.4. The third-order valence-electron chi connectivity index (χ3n) is 3.00. The Labute approximate surface area is 135 Å². The summed E-state index contributed by atoms with van der Waals surface area (Å²) in [6, 6.07) is 7.16. The topological polar surface area (TPSA) is 114 Å². The number of phenolic OH excluding ortho intramolecular Hbond substituents is 1. The van der Waals surface area contributed by atoms with Crippen LogP contribution >= 0.6 is 0 Å². The van der Waals surface area contributed by atoms with Crippen molar-refractivity contribution in [3.05, 3.63) is 63.5 Å². The molecule has 1 amide bonds. The largest absolute Gasteiger partial charge is 0.502 e. The molecule has 2 rings (SSSR count). The van der Waals surface area contributed by atoms with E-state index in [-0.39, 0.29) is 16.9 Å². The number of halogens is 1. The number of hydrogen-bond acceptors (Lipinski definition) is 6. The lowest BCUT2D eigenvalue weighted by Gasteiger charge is -2.05. The number of nitro groups is 1. The zero-order valence-corrected chi connectivity index (χ0v) is 12.4. The van der Waals surface area contributed by atoms with E-state index in [1.807, 2.05) is 0 Å².